The number of fused-ring (bicyclic) bond motifs is 1. The molecule has 4 aliphatic rings. The minimum atomic E-state index is -0.678. The number of carbonyl (C=O) groups excluding carboxylic acids is 3. The molecule has 3 fully saturated rings. The summed E-state index contributed by atoms with van der Waals surface area (Å²) in [7, 11) is 0. The van der Waals surface area contributed by atoms with Gasteiger partial charge in [-0.2, -0.15) is 0 Å². The number of nitrogens with one attached hydrogen (secondary N) is 2. The summed E-state index contributed by atoms with van der Waals surface area (Å²) in [5.74, 6) is 1.53. The van der Waals surface area contributed by atoms with E-state index in [1.807, 2.05) is 36.4 Å². The van der Waals surface area contributed by atoms with Gasteiger partial charge in [-0.25, -0.2) is 0 Å². The van der Waals surface area contributed by atoms with E-state index in [0.29, 0.717) is 36.2 Å². The lowest BCUT2D eigenvalue weighted by Crippen LogP contribution is -2.52. The van der Waals surface area contributed by atoms with Gasteiger partial charge in [0, 0.05) is 62.9 Å². The highest BCUT2D eigenvalue weighted by molar-refractivity contribution is 6.03. The van der Waals surface area contributed by atoms with E-state index in [4.69, 9.17) is 4.74 Å². The quantitative estimate of drug-likeness (QED) is 0.167. The maximum absolute atomic E-state index is 12.7. The number of phenols is 1. The van der Waals surface area contributed by atoms with Gasteiger partial charge in [-0.3, -0.25) is 29.5 Å². The number of piperidine rings is 2. The lowest BCUT2D eigenvalue weighted by Gasteiger charge is -2.39. The number of piperazine rings is 1. The van der Waals surface area contributed by atoms with Gasteiger partial charge in [-0.05, 0) is 128 Å². The van der Waals surface area contributed by atoms with Gasteiger partial charge in [-0.15, -0.1) is 0 Å². The van der Waals surface area contributed by atoms with Gasteiger partial charge in [0.05, 0.1) is 0 Å². The molecule has 3 heterocycles. The second kappa shape index (κ2) is 17.3. The summed E-state index contributed by atoms with van der Waals surface area (Å²) < 4.78 is 6.27. The third-order valence-electron chi connectivity index (χ3n) is 12.4. The highest BCUT2D eigenvalue weighted by atomic mass is 16.5. The number of nitrogens with zero attached hydrogens (tertiary/aromatic N) is 3. The van der Waals surface area contributed by atoms with Gasteiger partial charge in [0.15, 0.2) is 0 Å². The number of amides is 3. The number of phenolic OH excluding ortho intramolecular Hbond substituents is 1. The topological polar surface area (TPSA) is 114 Å². The molecule has 10 nitrogen and oxygen atoms in total. The zero-order valence-corrected chi connectivity index (χ0v) is 32.1. The first-order chi connectivity index (χ1) is 27.4. The van der Waals surface area contributed by atoms with Crippen LogP contribution in [0.2, 0.25) is 0 Å². The molecule has 56 heavy (non-hydrogen) atoms. The Hall–Kier alpha value is -5.19. The molecule has 3 amide bonds. The standard InChI is InChI=1S/C46H53N5O5/c52-38-13-17-41-36(30-38)10-16-40(33-4-2-1-3-5-33)44(41)34-8-14-39(15-9-34)56-29-28-49-22-20-32(21-23-49)31-50-24-26-51(27-25-50)37-11-6-35(7-12-37)45(54)47-42-18-19-43(53)48-46(42)55/h1-9,11-15,17,30,32,40,42,44,52H,10,16,18-29,31H2,(H,47,54)(H,48,53,55)/t40-,42?,44+/m1/s1. The predicted molar refractivity (Wildman–Crippen MR) is 217 cm³/mol. The number of hydrogen-bond acceptors (Lipinski definition) is 8. The Bertz CT molecular complexity index is 1970. The van der Waals surface area contributed by atoms with Crippen molar-refractivity contribution in [1.29, 1.82) is 0 Å². The minimum Gasteiger partial charge on any atom is -0.508 e. The number of ether oxygens (including phenoxy) is 1. The number of hydrogen-bond donors (Lipinski definition) is 3. The van der Waals surface area contributed by atoms with E-state index in [-0.39, 0.29) is 24.2 Å². The van der Waals surface area contributed by atoms with Crippen LogP contribution in [0.1, 0.15) is 76.6 Å². The average Bonchev–Trinajstić information content (AvgIpc) is 3.23. The molecule has 292 valence electrons. The molecule has 0 spiro atoms. The number of benzene rings is 4. The molecule has 0 aromatic heterocycles. The van der Waals surface area contributed by atoms with Gasteiger partial charge in [0.1, 0.15) is 24.1 Å². The average molecular weight is 756 g/mol. The summed E-state index contributed by atoms with van der Waals surface area (Å²) in [5, 5.41) is 15.2. The molecule has 1 aliphatic carbocycles. The monoisotopic (exact) mass is 755 g/mol. The van der Waals surface area contributed by atoms with Gasteiger partial charge < -0.3 is 20.1 Å². The van der Waals surface area contributed by atoms with E-state index < -0.39 is 11.9 Å². The van der Waals surface area contributed by atoms with Crippen LogP contribution in [0.15, 0.2) is 97.1 Å². The molecule has 10 heteroatoms. The van der Waals surface area contributed by atoms with Gasteiger partial charge in [0.25, 0.3) is 5.91 Å². The molecule has 0 bridgehead atoms. The third kappa shape index (κ3) is 8.92. The molecule has 8 rings (SSSR count). The Kier molecular flexibility index (Phi) is 11.7. The lowest BCUT2D eigenvalue weighted by molar-refractivity contribution is -0.134. The number of anilines is 1. The number of aromatic hydroxyl groups is 1. The smallest absolute Gasteiger partial charge is 0.251 e. The zero-order chi connectivity index (χ0) is 38.4. The highest BCUT2D eigenvalue weighted by Gasteiger charge is 2.33. The van der Waals surface area contributed by atoms with Crippen molar-refractivity contribution in [1.82, 2.24) is 20.4 Å². The Morgan fingerprint density at radius 3 is 2.25 bits per heavy atom. The summed E-state index contributed by atoms with van der Waals surface area (Å²) in [4.78, 5) is 43.6. The van der Waals surface area contributed by atoms with Crippen molar-refractivity contribution >= 4 is 23.4 Å². The molecule has 3 atom stereocenters. The Morgan fingerprint density at radius 1 is 0.768 bits per heavy atom. The number of carbonyl (C=O) groups is 3. The fourth-order valence-corrected chi connectivity index (χ4v) is 9.18. The molecular formula is C46H53N5O5. The van der Waals surface area contributed by atoms with Crippen molar-refractivity contribution in [3.05, 3.63) is 125 Å². The Morgan fingerprint density at radius 2 is 1.52 bits per heavy atom. The van der Waals surface area contributed by atoms with Gasteiger partial charge in [-0.1, -0.05) is 48.5 Å². The summed E-state index contributed by atoms with van der Waals surface area (Å²) in [6.07, 6.45) is 4.99. The van der Waals surface area contributed by atoms with Gasteiger partial charge in [0.2, 0.25) is 11.8 Å². The maximum atomic E-state index is 12.7. The molecule has 1 unspecified atom stereocenters. The molecule has 3 saturated heterocycles. The van der Waals surface area contributed by atoms with Crippen LogP contribution in [0.25, 0.3) is 0 Å². The third-order valence-corrected chi connectivity index (χ3v) is 12.4. The number of imide groups is 1. The summed E-state index contributed by atoms with van der Waals surface area (Å²) >= 11 is 0. The van der Waals surface area contributed by atoms with E-state index in [9.17, 15) is 19.5 Å². The van der Waals surface area contributed by atoms with E-state index in [0.717, 1.165) is 76.6 Å². The second-order valence-corrected chi connectivity index (χ2v) is 15.9. The SMILES string of the molecule is O=C1CCC(NC(=O)c2ccc(N3CCN(CC4CCN(CCOc5ccc([C@@H]6c7ccc(O)cc7CC[C@@H]6c6ccccc6)cc5)CC4)CC3)cc2)C(=O)N1. The van der Waals surface area contributed by atoms with Crippen LogP contribution in [0.5, 0.6) is 11.5 Å². The predicted octanol–water partition coefficient (Wildman–Crippen LogP) is 5.70. The van der Waals surface area contributed by atoms with E-state index >= 15 is 0 Å². The van der Waals surface area contributed by atoms with Crippen LogP contribution in [0.4, 0.5) is 5.69 Å². The van der Waals surface area contributed by atoms with Crippen LogP contribution >= 0.6 is 0 Å². The van der Waals surface area contributed by atoms with Crippen molar-refractivity contribution in [2.45, 2.75) is 56.4 Å². The summed E-state index contributed by atoms with van der Waals surface area (Å²) in [6.45, 7) is 8.90. The largest absolute Gasteiger partial charge is 0.508 e. The van der Waals surface area contributed by atoms with Gasteiger partial charge >= 0.3 is 0 Å². The molecular weight excluding hydrogens is 703 g/mol. The van der Waals surface area contributed by atoms with Crippen LogP contribution in [-0.2, 0) is 16.0 Å². The Labute approximate surface area is 329 Å². The number of aryl methyl sites for hydroxylation is 1. The van der Waals surface area contributed by atoms with E-state index in [1.54, 1.807) is 0 Å². The van der Waals surface area contributed by atoms with Crippen molar-refractivity contribution in [2.75, 3.05) is 63.9 Å². The normalized spacial score (nSPS) is 22.3. The van der Waals surface area contributed by atoms with Crippen LogP contribution in [0, 0.1) is 5.92 Å². The maximum Gasteiger partial charge on any atom is 0.251 e. The Balaban J connectivity index is 0.752. The molecule has 4 aromatic rings. The molecule has 4 aromatic carbocycles. The first kappa shape index (κ1) is 37.7. The zero-order valence-electron chi connectivity index (χ0n) is 32.1. The van der Waals surface area contributed by atoms with Crippen LogP contribution in [0.3, 0.4) is 0 Å². The lowest BCUT2D eigenvalue weighted by atomic mass is 9.69. The van der Waals surface area contributed by atoms with E-state index in [1.165, 1.54) is 35.1 Å². The van der Waals surface area contributed by atoms with Crippen LogP contribution < -0.4 is 20.3 Å². The summed E-state index contributed by atoms with van der Waals surface area (Å²) in [6, 6.07) is 32.3. The first-order valence-corrected chi connectivity index (χ1v) is 20.4. The fourth-order valence-electron chi connectivity index (χ4n) is 9.18. The number of likely N-dealkylation sites (tertiary alicyclic amines) is 1. The first-order valence-electron chi connectivity index (χ1n) is 20.4. The van der Waals surface area contributed by atoms with E-state index in [2.05, 4.69) is 86.0 Å². The fraction of sp³-hybridized carbons (Fsp3) is 0.413. The van der Waals surface area contributed by atoms with Crippen molar-refractivity contribution in [3.8, 4) is 11.5 Å². The number of rotatable bonds is 11. The van der Waals surface area contributed by atoms with Crippen LogP contribution in [-0.4, -0.2) is 97.6 Å². The summed E-state index contributed by atoms with van der Waals surface area (Å²) in [5.41, 5.74) is 6.80. The second-order valence-electron chi connectivity index (χ2n) is 15.9. The molecule has 0 saturated carbocycles. The molecule has 3 N–H and O–H groups in total. The highest BCUT2D eigenvalue weighted by Crippen LogP contribution is 2.47. The van der Waals surface area contributed by atoms with Crippen molar-refractivity contribution in [2.24, 2.45) is 5.92 Å². The molecule has 3 aliphatic heterocycles. The van der Waals surface area contributed by atoms with Crippen molar-refractivity contribution in [3.63, 3.8) is 0 Å². The minimum absolute atomic E-state index is 0.232. The van der Waals surface area contributed by atoms with Crippen molar-refractivity contribution < 1.29 is 24.2 Å². The molecule has 0 radical (unpaired) electrons.